The number of carbonyl (C=O) groups excluding carboxylic acids is 1. The van der Waals surface area contributed by atoms with Gasteiger partial charge in [-0.2, -0.15) is 5.10 Å². The largest absolute Gasteiger partial charge is 0.452 e. The fraction of sp³-hybridized carbons (Fsp3) is 0.179. The highest BCUT2D eigenvalue weighted by Crippen LogP contribution is 2.32. The van der Waals surface area contributed by atoms with E-state index in [0.29, 0.717) is 33.8 Å². The summed E-state index contributed by atoms with van der Waals surface area (Å²) in [5, 5.41) is 14.2. The maximum Gasteiger partial charge on any atom is 0.282 e. The van der Waals surface area contributed by atoms with Crippen molar-refractivity contribution in [3.63, 3.8) is 0 Å². The van der Waals surface area contributed by atoms with Gasteiger partial charge < -0.3 is 9.84 Å². The van der Waals surface area contributed by atoms with Crippen LogP contribution in [0.15, 0.2) is 71.8 Å². The van der Waals surface area contributed by atoms with Gasteiger partial charge in [0, 0.05) is 37.0 Å². The fourth-order valence-corrected chi connectivity index (χ4v) is 4.49. The summed E-state index contributed by atoms with van der Waals surface area (Å²) in [6, 6.07) is 12.8. The van der Waals surface area contributed by atoms with E-state index in [1.165, 1.54) is 56.5 Å². The third-order valence-corrected chi connectivity index (χ3v) is 6.48. The number of hydrogen-bond donors (Lipinski definition) is 1. The van der Waals surface area contributed by atoms with Crippen LogP contribution in [0.2, 0.25) is 0 Å². The van der Waals surface area contributed by atoms with Crippen LogP contribution in [0.1, 0.15) is 40.2 Å². The van der Waals surface area contributed by atoms with Crippen molar-refractivity contribution < 1.29 is 23.4 Å². The zero-order valence-corrected chi connectivity index (χ0v) is 20.9. The average molecular weight is 519 g/mol. The molecular formula is C28H24F2N4O4. The number of halogens is 2. The molecule has 0 aliphatic carbocycles. The smallest absolute Gasteiger partial charge is 0.282 e. The van der Waals surface area contributed by atoms with Gasteiger partial charge in [0.05, 0.1) is 18.0 Å². The summed E-state index contributed by atoms with van der Waals surface area (Å²) in [6.07, 6.45) is 2.19. The summed E-state index contributed by atoms with van der Waals surface area (Å²) in [4.78, 5) is 26.3. The Bertz CT molecular complexity index is 1730. The summed E-state index contributed by atoms with van der Waals surface area (Å²) in [6.45, 7) is 3.26. The second-order valence-corrected chi connectivity index (χ2v) is 8.98. The highest BCUT2D eigenvalue weighted by molar-refractivity contribution is 5.98. The van der Waals surface area contributed by atoms with Gasteiger partial charge in [0.2, 0.25) is 0 Å². The van der Waals surface area contributed by atoms with Gasteiger partial charge >= 0.3 is 0 Å². The second kappa shape index (κ2) is 9.71. The van der Waals surface area contributed by atoms with Crippen LogP contribution in [-0.2, 0) is 13.5 Å². The molecule has 3 heterocycles. The van der Waals surface area contributed by atoms with Crippen molar-refractivity contribution in [2.24, 2.45) is 7.05 Å². The molecule has 2 aromatic carbocycles. The van der Waals surface area contributed by atoms with Gasteiger partial charge in [-0.05, 0) is 61.9 Å². The molecule has 0 bridgehead atoms. The van der Waals surface area contributed by atoms with Gasteiger partial charge in [-0.3, -0.25) is 14.3 Å². The summed E-state index contributed by atoms with van der Waals surface area (Å²) in [5.41, 5.74) is 1.76. The number of ether oxygens (including phenoxy) is 1. The van der Waals surface area contributed by atoms with Crippen LogP contribution >= 0.6 is 0 Å². The van der Waals surface area contributed by atoms with Gasteiger partial charge in [-0.15, -0.1) is 0 Å². The summed E-state index contributed by atoms with van der Waals surface area (Å²) >= 11 is 0. The van der Waals surface area contributed by atoms with Gasteiger partial charge in [0.25, 0.3) is 5.56 Å². The molecular weight excluding hydrogens is 494 g/mol. The molecule has 1 atom stereocenters. The molecule has 5 aromatic rings. The first-order valence-electron chi connectivity index (χ1n) is 11.8. The Hall–Kier alpha value is -4.57. The summed E-state index contributed by atoms with van der Waals surface area (Å²) in [7, 11) is 1.63. The van der Waals surface area contributed by atoms with E-state index in [1.54, 1.807) is 45.3 Å². The molecule has 0 amide bonds. The monoisotopic (exact) mass is 518 g/mol. The molecule has 3 aromatic heterocycles. The van der Waals surface area contributed by atoms with Crippen molar-refractivity contribution in [3.8, 4) is 17.2 Å². The Kier molecular flexibility index (Phi) is 6.41. The molecule has 10 heteroatoms. The van der Waals surface area contributed by atoms with E-state index < -0.39 is 29.1 Å². The lowest BCUT2D eigenvalue weighted by Crippen LogP contribution is -2.23. The molecule has 0 saturated carbocycles. The average Bonchev–Trinajstić information content (AvgIpc) is 3.41. The lowest BCUT2D eigenvalue weighted by Gasteiger charge is -2.11. The normalized spacial score (nSPS) is 12.2. The number of aliphatic hydroxyl groups is 1. The predicted molar refractivity (Wildman–Crippen MR) is 136 cm³/mol. The van der Waals surface area contributed by atoms with E-state index in [0.717, 1.165) is 0 Å². The predicted octanol–water partition coefficient (Wildman–Crippen LogP) is 4.68. The molecule has 5 rings (SSSR count). The van der Waals surface area contributed by atoms with Gasteiger partial charge in [0.15, 0.2) is 23.1 Å². The Balaban J connectivity index is 1.41. The van der Waals surface area contributed by atoms with Crippen molar-refractivity contribution in [1.82, 2.24) is 19.0 Å². The van der Waals surface area contributed by atoms with E-state index in [9.17, 15) is 19.1 Å². The van der Waals surface area contributed by atoms with Gasteiger partial charge in [-0.25, -0.2) is 18.0 Å². The standard InChI is InChI=1S/C28H24F2N4O4/c1-16-26(28(37)34(32(16)3)20-7-5-19(29)6-8-20)23(36)15-18-4-9-24(22(30)14-18)38-25-10-12-31-33-13-11-21(17(2)35)27(25)33/h4-14,17,35H,15H2,1-3H3. The minimum Gasteiger partial charge on any atom is -0.452 e. The van der Waals surface area contributed by atoms with E-state index >= 15 is 4.39 Å². The van der Waals surface area contributed by atoms with Crippen molar-refractivity contribution >= 4 is 11.3 Å². The number of nitrogens with zero attached hydrogens (tertiary/aromatic N) is 4. The molecule has 1 unspecified atom stereocenters. The minimum absolute atomic E-state index is 0.0179. The summed E-state index contributed by atoms with van der Waals surface area (Å²) in [5.74, 6) is -1.36. The zero-order valence-electron chi connectivity index (χ0n) is 20.9. The fourth-order valence-electron chi connectivity index (χ4n) is 4.49. The van der Waals surface area contributed by atoms with Crippen LogP contribution < -0.4 is 10.3 Å². The number of hydrogen-bond acceptors (Lipinski definition) is 5. The lowest BCUT2D eigenvalue weighted by atomic mass is 10.0. The first-order valence-corrected chi connectivity index (χ1v) is 11.8. The molecule has 0 aliphatic rings. The Morgan fingerprint density at radius 2 is 1.82 bits per heavy atom. The number of rotatable bonds is 7. The highest BCUT2D eigenvalue weighted by atomic mass is 19.1. The Labute approximate surface area is 215 Å². The van der Waals surface area contributed by atoms with Gasteiger partial charge in [-0.1, -0.05) is 6.07 Å². The van der Waals surface area contributed by atoms with E-state index in [4.69, 9.17) is 4.74 Å². The Morgan fingerprint density at radius 3 is 2.50 bits per heavy atom. The maximum absolute atomic E-state index is 15.0. The topological polar surface area (TPSA) is 90.8 Å². The molecule has 0 fully saturated rings. The molecule has 0 spiro atoms. The van der Waals surface area contributed by atoms with Crippen molar-refractivity contribution in [3.05, 3.63) is 111 Å². The molecule has 194 valence electrons. The first kappa shape index (κ1) is 25.1. The SMILES string of the molecule is Cc1c(C(=O)Cc2ccc(Oc3ccnn4ccc(C(C)O)c34)c(F)c2)c(=O)n(-c2ccc(F)cc2)n1C. The highest BCUT2D eigenvalue weighted by Gasteiger charge is 2.23. The van der Waals surface area contributed by atoms with Crippen LogP contribution in [0.4, 0.5) is 8.78 Å². The quantitative estimate of drug-likeness (QED) is 0.316. The molecule has 0 aliphatic heterocycles. The number of ketones is 1. The van der Waals surface area contributed by atoms with Crippen LogP contribution in [0.3, 0.4) is 0 Å². The Morgan fingerprint density at radius 1 is 1.08 bits per heavy atom. The number of carbonyl (C=O) groups is 1. The zero-order chi connectivity index (χ0) is 27.1. The van der Waals surface area contributed by atoms with Crippen molar-refractivity contribution in [2.75, 3.05) is 0 Å². The molecule has 1 N–H and O–H groups in total. The van der Waals surface area contributed by atoms with Gasteiger partial charge in [0.1, 0.15) is 16.9 Å². The number of benzene rings is 2. The maximum atomic E-state index is 15.0. The third kappa shape index (κ3) is 4.39. The molecule has 0 saturated heterocycles. The second-order valence-electron chi connectivity index (χ2n) is 8.98. The van der Waals surface area contributed by atoms with Crippen LogP contribution in [0.25, 0.3) is 11.2 Å². The number of aliphatic hydroxyl groups excluding tert-OH is 1. The van der Waals surface area contributed by atoms with Crippen LogP contribution in [0, 0.1) is 18.6 Å². The lowest BCUT2D eigenvalue weighted by molar-refractivity contribution is 0.0991. The number of Topliss-reactive ketones (excluding diaryl/α,β-unsaturated/α-hetero) is 1. The molecule has 38 heavy (non-hydrogen) atoms. The first-order chi connectivity index (χ1) is 18.2. The van der Waals surface area contributed by atoms with Crippen molar-refractivity contribution in [1.29, 1.82) is 0 Å². The molecule has 0 radical (unpaired) electrons. The number of aromatic nitrogens is 4. The minimum atomic E-state index is -0.779. The number of fused-ring (bicyclic) bond motifs is 1. The van der Waals surface area contributed by atoms with Crippen LogP contribution in [-0.4, -0.2) is 29.9 Å². The van der Waals surface area contributed by atoms with E-state index in [1.807, 2.05) is 0 Å². The van der Waals surface area contributed by atoms with Crippen LogP contribution in [0.5, 0.6) is 11.5 Å². The van der Waals surface area contributed by atoms with Crippen molar-refractivity contribution in [2.45, 2.75) is 26.4 Å². The van der Waals surface area contributed by atoms with E-state index in [-0.39, 0.29) is 17.7 Å². The third-order valence-electron chi connectivity index (χ3n) is 6.48. The summed E-state index contributed by atoms with van der Waals surface area (Å²) < 4.78 is 38.6. The van der Waals surface area contributed by atoms with E-state index in [2.05, 4.69) is 5.10 Å². The molecule has 8 nitrogen and oxygen atoms in total.